The first-order chi connectivity index (χ1) is 8.99. The first-order valence-corrected chi connectivity index (χ1v) is 6.81. The molecule has 1 amide bonds. The number of hydrogen-bond donors (Lipinski definition) is 2. The molecule has 1 heterocycles. The van der Waals surface area contributed by atoms with Crippen LogP contribution in [0.3, 0.4) is 0 Å². The molecule has 1 saturated heterocycles. The molecule has 2 rings (SSSR count). The second-order valence-electron chi connectivity index (χ2n) is 5.09. The maximum atomic E-state index is 12.4. The molecule has 0 aliphatic carbocycles. The lowest BCUT2D eigenvalue weighted by molar-refractivity contribution is 0.0697. The minimum atomic E-state index is -1.59. The maximum Gasteiger partial charge on any atom is 0.488 e. The van der Waals surface area contributed by atoms with Crippen molar-refractivity contribution in [3.8, 4) is 0 Å². The Morgan fingerprint density at radius 2 is 2.00 bits per heavy atom. The lowest BCUT2D eigenvalue weighted by Crippen LogP contribution is -2.39. The molecule has 0 atom stereocenters. The van der Waals surface area contributed by atoms with E-state index in [1.807, 2.05) is 0 Å². The number of likely N-dealkylation sites (tertiary alicyclic amines) is 1. The van der Waals surface area contributed by atoms with Crippen molar-refractivity contribution in [2.24, 2.45) is 5.92 Å². The fourth-order valence-electron chi connectivity index (χ4n) is 2.25. The fraction of sp³-hybridized carbons (Fsp3) is 0.462. The van der Waals surface area contributed by atoms with Gasteiger partial charge in [0.25, 0.3) is 5.91 Å². The standard InChI is InChI=1S/C13H17BClNO3/c1-9-4-6-16(7-5-9)13(17)11-8-10(14(18)19)2-3-12(11)15/h2-3,8-9,18-19H,4-7H2,1H3. The van der Waals surface area contributed by atoms with Crippen molar-refractivity contribution in [1.82, 2.24) is 4.90 Å². The van der Waals surface area contributed by atoms with Gasteiger partial charge in [-0.15, -0.1) is 0 Å². The van der Waals surface area contributed by atoms with Crippen LogP contribution in [-0.4, -0.2) is 41.1 Å². The van der Waals surface area contributed by atoms with Crippen LogP contribution >= 0.6 is 11.6 Å². The Hall–Kier alpha value is -1.04. The third-order valence-corrected chi connectivity index (χ3v) is 3.92. The summed E-state index contributed by atoms with van der Waals surface area (Å²) in [6, 6.07) is 4.48. The number of carbonyl (C=O) groups is 1. The Kier molecular flexibility index (Phi) is 4.50. The Morgan fingerprint density at radius 1 is 1.37 bits per heavy atom. The van der Waals surface area contributed by atoms with Gasteiger partial charge >= 0.3 is 7.12 Å². The van der Waals surface area contributed by atoms with Gasteiger partial charge in [0.05, 0.1) is 10.6 Å². The Bertz CT molecular complexity index is 473. The van der Waals surface area contributed by atoms with E-state index in [4.69, 9.17) is 21.6 Å². The highest BCUT2D eigenvalue weighted by Crippen LogP contribution is 2.21. The van der Waals surface area contributed by atoms with Crippen molar-refractivity contribution in [3.63, 3.8) is 0 Å². The lowest BCUT2D eigenvalue weighted by atomic mass is 9.79. The number of amides is 1. The molecule has 1 fully saturated rings. The zero-order chi connectivity index (χ0) is 14.0. The molecule has 0 spiro atoms. The summed E-state index contributed by atoms with van der Waals surface area (Å²) in [6.07, 6.45) is 1.98. The summed E-state index contributed by atoms with van der Waals surface area (Å²) in [6.45, 7) is 3.63. The number of halogens is 1. The molecule has 4 nitrogen and oxygen atoms in total. The molecule has 102 valence electrons. The normalized spacial score (nSPS) is 16.5. The highest BCUT2D eigenvalue weighted by Gasteiger charge is 2.24. The summed E-state index contributed by atoms with van der Waals surface area (Å²) in [5.74, 6) is 0.504. The molecule has 0 unspecified atom stereocenters. The summed E-state index contributed by atoms with van der Waals surface area (Å²) in [7, 11) is -1.59. The largest absolute Gasteiger partial charge is 0.488 e. The minimum absolute atomic E-state index is 0.139. The molecular weight excluding hydrogens is 264 g/mol. The van der Waals surface area contributed by atoms with Gasteiger partial charge in [0, 0.05) is 13.1 Å². The first kappa shape index (κ1) is 14.4. The van der Waals surface area contributed by atoms with E-state index in [1.165, 1.54) is 18.2 Å². The molecule has 19 heavy (non-hydrogen) atoms. The van der Waals surface area contributed by atoms with Crippen LogP contribution in [0.2, 0.25) is 5.02 Å². The van der Waals surface area contributed by atoms with Crippen LogP contribution in [0.15, 0.2) is 18.2 Å². The first-order valence-electron chi connectivity index (χ1n) is 6.44. The number of hydrogen-bond acceptors (Lipinski definition) is 3. The summed E-state index contributed by atoms with van der Waals surface area (Å²) in [4.78, 5) is 14.2. The zero-order valence-corrected chi connectivity index (χ0v) is 11.6. The smallest absolute Gasteiger partial charge is 0.423 e. The van der Waals surface area contributed by atoms with Crippen molar-refractivity contribution < 1.29 is 14.8 Å². The third-order valence-electron chi connectivity index (χ3n) is 3.59. The van der Waals surface area contributed by atoms with Gasteiger partial charge in [0.2, 0.25) is 0 Å². The average molecular weight is 282 g/mol. The average Bonchev–Trinajstić information content (AvgIpc) is 2.39. The van der Waals surface area contributed by atoms with Gasteiger partial charge < -0.3 is 14.9 Å². The second-order valence-corrected chi connectivity index (χ2v) is 5.49. The second kappa shape index (κ2) is 5.95. The number of nitrogens with zero attached hydrogens (tertiary/aromatic N) is 1. The van der Waals surface area contributed by atoms with Gasteiger partial charge in [-0.25, -0.2) is 0 Å². The Labute approximate surface area is 118 Å². The van der Waals surface area contributed by atoms with E-state index < -0.39 is 7.12 Å². The number of piperidine rings is 1. The Morgan fingerprint density at radius 3 is 2.58 bits per heavy atom. The van der Waals surface area contributed by atoms with E-state index in [0.29, 0.717) is 16.5 Å². The van der Waals surface area contributed by atoms with Crippen molar-refractivity contribution in [2.45, 2.75) is 19.8 Å². The molecule has 1 aromatic rings. The van der Waals surface area contributed by atoms with Gasteiger partial charge in [-0.2, -0.15) is 0 Å². The molecule has 1 aliphatic rings. The molecule has 0 aromatic heterocycles. The fourth-order valence-corrected chi connectivity index (χ4v) is 2.45. The maximum absolute atomic E-state index is 12.4. The molecule has 0 radical (unpaired) electrons. The number of carbonyl (C=O) groups excluding carboxylic acids is 1. The van der Waals surface area contributed by atoms with E-state index in [9.17, 15) is 4.79 Å². The summed E-state index contributed by atoms with van der Waals surface area (Å²) >= 11 is 6.03. The van der Waals surface area contributed by atoms with Gasteiger partial charge in [0.1, 0.15) is 0 Å². The number of rotatable bonds is 2. The van der Waals surface area contributed by atoms with E-state index in [0.717, 1.165) is 25.9 Å². The van der Waals surface area contributed by atoms with Gasteiger partial charge in [-0.3, -0.25) is 4.79 Å². The van der Waals surface area contributed by atoms with Crippen LogP contribution in [0.5, 0.6) is 0 Å². The highest BCUT2D eigenvalue weighted by atomic mass is 35.5. The van der Waals surface area contributed by atoms with E-state index in [-0.39, 0.29) is 11.4 Å². The molecule has 2 N–H and O–H groups in total. The van der Waals surface area contributed by atoms with Crippen LogP contribution in [-0.2, 0) is 0 Å². The van der Waals surface area contributed by atoms with Crippen LogP contribution in [0.4, 0.5) is 0 Å². The molecule has 1 aromatic carbocycles. The molecular formula is C13H17BClNO3. The quantitative estimate of drug-likeness (QED) is 0.792. The van der Waals surface area contributed by atoms with E-state index in [2.05, 4.69) is 6.92 Å². The van der Waals surface area contributed by atoms with E-state index >= 15 is 0 Å². The third kappa shape index (κ3) is 3.29. The van der Waals surface area contributed by atoms with Crippen molar-refractivity contribution in [1.29, 1.82) is 0 Å². The van der Waals surface area contributed by atoms with Crippen LogP contribution in [0, 0.1) is 5.92 Å². The molecule has 6 heteroatoms. The predicted octanol–water partition coefficient (Wildman–Crippen LogP) is 0.892. The molecule has 0 bridgehead atoms. The summed E-state index contributed by atoms with van der Waals surface area (Å²) in [5, 5.41) is 18.6. The minimum Gasteiger partial charge on any atom is -0.423 e. The van der Waals surface area contributed by atoms with Gasteiger partial charge in [-0.1, -0.05) is 24.6 Å². The lowest BCUT2D eigenvalue weighted by Gasteiger charge is -2.30. The molecule has 1 aliphatic heterocycles. The number of benzene rings is 1. The SMILES string of the molecule is CC1CCN(C(=O)c2cc(B(O)O)ccc2Cl)CC1. The van der Waals surface area contributed by atoms with Crippen LogP contribution in [0.25, 0.3) is 0 Å². The summed E-state index contributed by atoms with van der Waals surface area (Å²) in [5.41, 5.74) is 0.611. The zero-order valence-electron chi connectivity index (χ0n) is 10.8. The summed E-state index contributed by atoms with van der Waals surface area (Å²) < 4.78 is 0. The highest BCUT2D eigenvalue weighted by molar-refractivity contribution is 6.58. The van der Waals surface area contributed by atoms with Crippen LogP contribution < -0.4 is 5.46 Å². The van der Waals surface area contributed by atoms with Gasteiger partial charge in [0.15, 0.2) is 0 Å². The van der Waals surface area contributed by atoms with Crippen molar-refractivity contribution >= 4 is 30.1 Å². The van der Waals surface area contributed by atoms with Crippen molar-refractivity contribution in [2.75, 3.05) is 13.1 Å². The van der Waals surface area contributed by atoms with Gasteiger partial charge in [-0.05, 0) is 36.4 Å². The predicted molar refractivity (Wildman–Crippen MR) is 75.6 cm³/mol. The van der Waals surface area contributed by atoms with E-state index in [1.54, 1.807) is 4.90 Å². The monoisotopic (exact) mass is 281 g/mol. The van der Waals surface area contributed by atoms with Crippen molar-refractivity contribution in [3.05, 3.63) is 28.8 Å². The molecule has 0 saturated carbocycles. The Balaban J connectivity index is 2.20. The van der Waals surface area contributed by atoms with Crippen LogP contribution in [0.1, 0.15) is 30.1 Å². The topological polar surface area (TPSA) is 60.8 Å².